The SMILES string of the molecule is CCC(C)NC(=O)C(C)N(Cc1ccc(Br)cc1)C(=O)CN(c1ccc(C)cc1)S(=O)(=O)c1ccc(Cl)cc1. The van der Waals surface area contributed by atoms with Crippen LogP contribution < -0.4 is 9.62 Å². The molecule has 0 heterocycles. The quantitative estimate of drug-likeness (QED) is 0.283. The zero-order valence-electron chi connectivity index (χ0n) is 22.4. The molecule has 3 rings (SSSR count). The molecule has 0 aliphatic rings. The fraction of sp³-hybridized carbons (Fsp3) is 0.310. The molecule has 0 saturated carbocycles. The number of benzene rings is 3. The molecule has 3 aromatic carbocycles. The van der Waals surface area contributed by atoms with Gasteiger partial charge in [0.25, 0.3) is 10.0 Å². The van der Waals surface area contributed by atoms with E-state index in [0.717, 1.165) is 26.3 Å². The Morgan fingerprint density at radius 1 is 0.949 bits per heavy atom. The van der Waals surface area contributed by atoms with Gasteiger partial charge in [-0.1, -0.05) is 64.3 Å². The molecule has 0 aromatic heterocycles. The predicted molar refractivity (Wildman–Crippen MR) is 159 cm³/mol. The normalized spacial score (nSPS) is 12.9. The summed E-state index contributed by atoms with van der Waals surface area (Å²) in [5.74, 6) is -0.819. The van der Waals surface area contributed by atoms with Gasteiger partial charge in [0.1, 0.15) is 12.6 Å². The summed E-state index contributed by atoms with van der Waals surface area (Å²) in [6.45, 7) is 7.03. The summed E-state index contributed by atoms with van der Waals surface area (Å²) < 4.78 is 29.6. The van der Waals surface area contributed by atoms with Crippen LogP contribution in [-0.4, -0.2) is 43.8 Å². The third-order valence-corrected chi connectivity index (χ3v) is 9.01. The number of carbonyl (C=O) groups is 2. The van der Waals surface area contributed by atoms with Crippen LogP contribution in [-0.2, 0) is 26.2 Å². The first-order valence-electron chi connectivity index (χ1n) is 12.6. The fourth-order valence-electron chi connectivity index (χ4n) is 3.81. The van der Waals surface area contributed by atoms with Gasteiger partial charge < -0.3 is 10.2 Å². The van der Waals surface area contributed by atoms with Gasteiger partial charge in [-0.15, -0.1) is 0 Å². The third-order valence-electron chi connectivity index (χ3n) is 6.44. The van der Waals surface area contributed by atoms with Gasteiger partial charge in [-0.2, -0.15) is 0 Å². The molecule has 2 amide bonds. The third kappa shape index (κ3) is 8.06. The van der Waals surface area contributed by atoms with Crippen LogP contribution in [0.3, 0.4) is 0 Å². The molecule has 2 unspecified atom stereocenters. The Hall–Kier alpha value is -2.88. The highest BCUT2D eigenvalue weighted by Crippen LogP contribution is 2.26. The lowest BCUT2D eigenvalue weighted by Crippen LogP contribution is -2.52. The zero-order chi connectivity index (χ0) is 28.7. The van der Waals surface area contributed by atoms with E-state index in [1.807, 2.05) is 45.0 Å². The smallest absolute Gasteiger partial charge is 0.264 e. The van der Waals surface area contributed by atoms with Crippen LogP contribution in [0, 0.1) is 6.92 Å². The number of anilines is 1. The minimum atomic E-state index is -4.14. The topological polar surface area (TPSA) is 86.8 Å². The van der Waals surface area contributed by atoms with Gasteiger partial charge >= 0.3 is 0 Å². The van der Waals surface area contributed by atoms with Crippen LogP contribution >= 0.6 is 27.5 Å². The van der Waals surface area contributed by atoms with Crippen LogP contribution in [0.25, 0.3) is 0 Å². The van der Waals surface area contributed by atoms with E-state index < -0.39 is 28.5 Å². The fourth-order valence-corrected chi connectivity index (χ4v) is 5.61. The molecule has 0 bridgehead atoms. The highest BCUT2D eigenvalue weighted by atomic mass is 79.9. The molecule has 2 atom stereocenters. The Morgan fingerprint density at radius 2 is 1.54 bits per heavy atom. The summed E-state index contributed by atoms with van der Waals surface area (Å²) in [4.78, 5) is 28.4. The second-order valence-corrected chi connectivity index (χ2v) is 12.7. The lowest BCUT2D eigenvalue weighted by Gasteiger charge is -2.32. The average molecular weight is 635 g/mol. The summed E-state index contributed by atoms with van der Waals surface area (Å²) in [5, 5.41) is 3.32. The highest BCUT2D eigenvalue weighted by molar-refractivity contribution is 9.10. The molecule has 7 nitrogen and oxygen atoms in total. The van der Waals surface area contributed by atoms with E-state index in [2.05, 4.69) is 21.2 Å². The number of nitrogens with zero attached hydrogens (tertiary/aromatic N) is 2. The van der Waals surface area contributed by atoms with Crippen LogP contribution in [0.15, 0.2) is 82.2 Å². The number of nitrogens with one attached hydrogen (secondary N) is 1. The molecule has 3 aromatic rings. The molecule has 10 heteroatoms. The standard InChI is InChI=1S/C29H33BrClN3O4S/c1-5-21(3)32-29(36)22(4)33(18-23-8-10-24(30)11-9-23)28(35)19-34(26-14-6-20(2)7-15-26)39(37,38)27-16-12-25(31)13-17-27/h6-17,21-22H,5,18-19H2,1-4H3,(H,32,36). The van der Waals surface area contributed by atoms with Crippen molar-refractivity contribution in [3.05, 3.63) is 93.4 Å². The van der Waals surface area contributed by atoms with Crippen molar-refractivity contribution in [2.45, 2.75) is 57.6 Å². The first-order chi connectivity index (χ1) is 18.4. The van der Waals surface area contributed by atoms with Crippen molar-refractivity contribution in [2.75, 3.05) is 10.8 Å². The van der Waals surface area contributed by atoms with Crippen molar-refractivity contribution in [2.24, 2.45) is 0 Å². The van der Waals surface area contributed by atoms with Gasteiger partial charge in [-0.3, -0.25) is 13.9 Å². The highest BCUT2D eigenvalue weighted by Gasteiger charge is 2.32. The molecule has 0 spiro atoms. The van der Waals surface area contributed by atoms with Gasteiger partial charge in [0, 0.05) is 22.1 Å². The van der Waals surface area contributed by atoms with Gasteiger partial charge in [0.15, 0.2) is 0 Å². The van der Waals surface area contributed by atoms with E-state index in [0.29, 0.717) is 10.7 Å². The van der Waals surface area contributed by atoms with E-state index in [4.69, 9.17) is 11.6 Å². The van der Waals surface area contributed by atoms with E-state index in [-0.39, 0.29) is 23.4 Å². The van der Waals surface area contributed by atoms with Gasteiger partial charge in [0.2, 0.25) is 11.8 Å². The van der Waals surface area contributed by atoms with Crippen molar-refractivity contribution in [3.63, 3.8) is 0 Å². The maximum Gasteiger partial charge on any atom is 0.264 e. The molecule has 1 N–H and O–H groups in total. The predicted octanol–water partition coefficient (Wildman–Crippen LogP) is 5.94. The van der Waals surface area contributed by atoms with Crippen molar-refractivity contribution in [3.8, 4) is 0 Å². The van der Waals surface area contributed by atoms with E-state index in [1.165, 1.54) is 29.2 Å². The molecular formula is C29H33BrClN3O4S. The molecule has 0 aliphatic heterocycles. The number of aryl methyl sites for hydroxylation is 1. The largest absolute Gasteiger partial charge is 0.352 e. The number of halogens is 2. The van der Waals surface area contributed by atoms with Crippen molar-refractivity contribution >= 4 is 55.1 Å². The summed E-state index contributed by atoms with van der Waals surface area (Å²) >= 11 is 9.40. The van der Waals surface area contributed by atoms with Gasteiger partial charge in [-0.05, 0) is 81.3 Å². The average Bonchev–Trinajstić information content (AvgIpc) is 2.91. The van der Waals surface area contributed by atoms with Crippen molar-refractivity contribution in [1.29, 1.82) is 0 Å². The summed E-state index contributed by atoms with van der Waals surface area (Å²) in [5.41, 5.74) is 2.09. The number of rotatable bonds is 11. The van der Waals surface area contributed by atoms with E-state index in [9.17, 15) is 18.0 Å². The lowest BCUT2D eigenvalue weighted by atomic mass is 10.1. The van der Waals surface area contributed by atoms with Crippen LogP contribution in [0.1, 0.15) is 38.3 Å². The Balaban J connectivity index is 2.01. The molecule has 39 heavy (non-hydrogen) atoms. The Labute approximate surface area is 244 Å². The monoisotopic (exact) mass is 633 g/mol. The van der Waals surface area contributed by atoms with Crippen LogP contribution in [0.5, 0.6) is 0 Å². The first kappa shape index (κ1) is 30.7. The number of hydrogen-bond donors (Lipinski definition) is 1. The van der Waals surface area contributed by atoms with E-state index >= 15 is 0 Å². The second kappa shape index (κ2) is 13.5. The number of sulfonamides is 1. The van der Waals surface area contributed by atoms with Crippen LogP contribution in [0.4, 0.5) is 5.69 Å². The first-order valence-corrected chi connectivity index (χ1v) is 15.2. The van der Waals surface area contributed by atoms with Gasteiger partial charge in [-0.25, -0.2) is 8.42 Å². The number of carbonyl (C=O) groups excluding carboxylic acids is 2. The minimum absolute atomic E-state index is 0.00213. The number of hydrogen-bond acceptors (Lipinski definition) is 4. The second-order valence-electron chi connectivity index (χ2n) is 9.44. The molecule has 0 radical (unpaired) electrons. The molecular weight excluding hydrogens is 602 g/mol. The lowest BCUT2D eigenvalue weighted by molar-refractivity contribution is -0.139. The van der Waals surface area contributed by atoms with Gasteiger partial charge in [0.05, 0.1) is 10.6 Å². The Morgan fingerprint density at radius 3 is 2.10 bits per heavy atom. The molecule has 0 fully saturated rings. The maximum absolute atomic E-state index is 13.9. The zero-order valence-corrected chi connectivity index (χ0v) is 25.6. The van der Waals surface area contributed by atoms with Crippen LogP contribution in [0.2, 0.25) is 5.02 Å². The minimum Gasteiger partial charge on any atom is -0.352 e. The summed E-state index contributed by atoms with van der Waals surface area (Å²) in [6, 6.07) is 19.2. The maximum atomic E-state index is 13.9. The Kier molecular flexibility index (Phi) is 10.6. The molecule has 0 saturated heterocycles. The van der Waals surface area contributed by atoms with E-state index in [1.54, 1.807) is 31.2 Å². The number of amides is 2. The van der Waals surface area contributed by atoms with Crippen molar-refractivity contribution < 1.29 is 18.0 Å². The molecule has 208 valence electrons. The summed E-state index contributed by atoms with van der Waals surface area (Å²) in [6.07, 6.45) is 0.736. The summed E-state index contributed by atoms with van der Waals surface area (Å²) in [7, 11) is -4.14. The Bertz CT molecular complexity index is 1380. The van der Waals surface area contributed by atoms with Crippen molar-refractivity contribution in [1.82, 2.24) is 10.2 Å². The molecule has 0 aliphatic carbocycles.